The van der Waals surface area contributed by atoms with Crippen molar-refractivity contribution >= 4 is 17.7 Å². The van der Waals surface area contributed by atoms with Gasteiger partial charge in [-0.1, -0.05) is 44.7 Å². The van der Waals surface area contributed by atoms with E-state index in [1.165, 1.54) is 0 Å². The second kappa shape index (κ2) is 6.19. The van der Waals surface area contributed by atoms with E-state index in [4.69, 9.17) is 0 Å². The molecule has 86 valence electrons. The molecule has 1 aromatic carbocycles. The molecule has 0 aromatic heterocycles. The van der Waals surface area contributed by atoms with E-state index >= 15 is 0 Å². The van der Waals surface area contributed by atoms with Crippen LogP contribution in [0.2, 0.25) is 0 Å². The normalized spacial score (nSPS) is 11.9. The fourth-order valence-electron chi connectivity index (χ4n) is 1.44. The molecule has 17 heavy (non-hydrogen) atoms. The molecule has 0 aliphatic heterocycles. The summed E-state index contributed by atoms with van der Waals surface area (Å²) in [7, 11) is 0. The third kappa shape index (κ3) is 4.15. The SMILES string of the molecule is Cc1cccc(C)c1N=C([C-]=O)C(C)(C)C.[Li+]. The van der Waals surface area contributed by atoms with Gasteiger partial charge in [-0.25, -0.2) is 6.29 Å². The van der Waals surface area contributed by atoms with Crippen molar-refractivity contribution in [2.45, 2.75) is 34.6 Å². The van der Waals surface area contributed by atoms with Crippen molar-refractivity contribution in [1.82, 2.24) is 0 Å². The van der Waals surface area contributed by atoms with Crippen LogP contribution < -0.4 is 18.9 Å². The number of aliphatic imine (C=N–C) groups is 1. The van der Waals surface area contributed by atoms with Crippen LogP contribution in [0.25, 0.3) is 0 Å². The zero-order valence-electron chi connectivity index (χ0n) is 11.6. The molecule has 1 rings (SSSR count). The Bertz CT molecular complexity index is 410. The minimum atomic E-state index is -0.267. The topological polar surface area (TPSA) is 29.4 Å². The number of para-hydroxylation sites is 1. The van der Waals surface area contributed by atoms with Gasteiger partial charge in [0.2, 0.25) is 0 Å². The maximum Gasteiger partial charge on any atom is 1.00 e. The van der Waals surface area contributed by atoms with Crippen LogP contribution in [-0.4, -0.2) is 12.0 Å². The average molecular weight is 223 g/mol. The molecule has 0 aliphatic rings. The predicted octanol–water partition coefficient (Wildman–Crippen LogP) is 0.536. The van der Waals surface area contributed by atoms with Gasteiger partial charge in [0.25, 0.3) is 0 Å². The molecule has 0 amide bonds. The van der Waals surface area contributed by atoms with Gasteiger partial charge in [0.15, 0.2) is 0 Å². The summed E-state index contributed by atoms with van der Waals surface area (Å²) >= 11 is 0. The summed E-state index contributed by atoms with van der Waals surface area (Å²) < 4.78 is 0. The smallest absolute Gasteiger partial charge is 0.536 e. The molecule has 2 nitrogen and oxygen atoms in total. The molecule has 0 spiro atoms. The Morgan fingerprint density at radius 1 is 1.18 bits per heavy atom. The molecule has 0 unspecified atom stereocenters. The van der Waals surface area contributed by atoms with Crippen molar-refractivity contribution in [2.75, 3.05) is 0 Å². The first-order valence-corrected chi connectivity index (χ1v) is 5.40. The number of hydrogen-bond donors (Lipinski definition) is 0. The van der Waals surface area contributed by atoms with Crippen LogP contribution in [0.1, 0.15) is 31.9 Å². The molecule has 0 fully saturated rings. The number of rotatable bonds is 2. The van der Waals surface area contributed by atoms with Gasteiger partial charge in [0.05, 0.1) is 5.69 Å². The van der Waals surface area contributed by atoms with E-state index in [-0.39, 0.29) is 24.3 Å². The van der Waals surface area contributed by atoms with Crippen LogP contribution in [0.4, 0.5) is 5.69 Å². The fraction of sp³-hybridized carbons (Fsp3) is 0.429. The third-order valence-corrected chi connectivity index (χ3v) is 2.47. The van der Waals surface area contributed by atoms with Gasteiger partial charge in [0, 0.05) is 0 Å². The number of hydrogen-bond acceptors (Lipinski definition) is 2. The van der Waals surface area contributed by atoms with Crippen molar-refractivity contribution in [3.63, 3.8) is 0 Å². The second-order valence-electron chi connectivity index (χ2n) is 5.05. The number of nitrogens with zero attached hydrogens (tertiary/aromatic N) is 1. The molecular formula is C14H18LiNO. The van der Waals surface area contributed by atoms with Gasteiger partial charge in [-0.3, -0.25) is 4.99 Å². The Kier molecular flexibility index (Phi) is 5.88. The number of benzene rings is 1. The predicted molar refractivity (Wildman–Crippen MR) is 68.2 cm³/mol. The summed E-state index contributed by atoms with van der Waals surface area (Å²) in [6.45, 7) is 9.88. The summed E-state index contributed by atoms with van der Waals surface area (Å²) in [6, 6.07) is 5.99. The maximum atomic E-state index is 10.9. The van der Waals surface area contributed by atoms with E-state index in [9.17, 15) is 4.79 Å². The molecular weight excluding hydrogens is 205 g/mol. The summed E-state index contributed by atoms with van der Waals surface area (Å²) in [5.41, 5.74) is 3.24. The van der Waals surface area contributed by atoms with Gasteiger partial charge >= 0.3 is 18.9 Å². The van der Waals surface area contributed by atoms with Crippen molar-refractivity contribution in [1.29, 1.82) is 0 Å². The summed E-state index contributed by atoms with van der Waals surface area (Å²) in [6.07, 6.45) is 1.94. The van der Waals surface area contributed by atoms with E-state index < -0.39 is 0 Å². The zero-order chi connectivity index (χ0) is 12.3. The van der Waals surface area contributed by atoms with Gasteiger partial charge in [0.1, 0.15) is 0 Å². The van der Waals surface area contributed by atoms with Crippen molar-refractivity contribution < 1.29 is 23.7 Å². The summed E-state index contributed by atoms with van der Waals surface area (Å²) in [4.78, 5) is 15.4. The monoisotopic (exact) mass is 223 g/mol. The van der Waals surface area contributed by atoms with E-state index in [1.54, 1.807) is 0 Å². The first-order valence-electron chi connectivity index (χ1n) is 5.40. The summed E-state index contributed by atoms with van der Waals surface area (Å²) in [5.74, 6) is 0. The van der Waals surface area contributed by atoms with Crippen LogP contribution >= 0.6 is 0 Å². The molecule has 0 heterocycles. The fourth-order valence-corrected chi connectivity index (χ4v) is 1.44. The number of carbonyl (C=O) groups excluding carboxylic acids is 1. The Hall–Kier alpha value is -0.843. The van der Waals surface area contributed by atoms with Crippen LogP contribution in [0.3, 0.4) is 0 Å². The number of aryl methyl sites for hydroxylation is 2. The molecule has 0 bridgehead atoms. The van der Waals surface area contributed by atoms with E-state index in [0.717, 1.165) is 16.8 Å². The first-order chi connectivity index (χ1) is 7.36. The molecule has 0 aliphatic carbocycles. The zero-order valence-corrected chi connectivity index (χ0v) is 11.6. The minimum absolute atomic E-state index is 0. The third-order valence-electron chi connectivity index (χ3n) is 2.47. The largest absolute Gasteiger partial charge is 1.00 e. The van der Waals surface area contributed by atoms with Gasteiger partial charge < -0.3 is 4.79 Å². The second-order valence-corrected chi connectivity index (χ2v) is 5.05. The molecule has 3 heteroatoms. The van der Waals surface area contributed by atoms with Crippen molar-refractivity contribution in [2.24, 2.45) is 10.4 Å². The van der Waals surface area contributed by atoms with E-state index in [2.05, 4.69) is 4.99 Å². The molecule has 1 aromatic rings. The van der Waals surface area contributed by atoms with Gasteiger partial charge in [-0.15, -0.1) is 0 Å². The maximum absolute atomic E-state index is 10.9. The van der Waals surface area contributed by atoms with Crippen LogP contribution in [0.15, 0.2) is 23.2 Å². The molecule has 0 saturated heterocycles. The van der Waals surface area contributed by atoms with E-state index in [1.807, 2.05) is 59.1 Å². The van der Waals surface area contributed by atoms with Crippen LogP contribution in [0, 0.1) is 19.3 Å². The van der Waals surface area contributed by atoms with Gasteiger partial charge in [-0.2, -0.15) is 0 Å². The van der Waals surface area contributed by atoms with E-state index in [0.29, 0.717) is 5.71 Å². The Balaban J connectivity index is 0.00000256. The molecule has 0 saturated carbocycles. The Morgan fingerprint density at radius 2 is 1.65 bits per heavy atom. The van der Waals surface area contributed by atoms with Crippen molar-refractivity contribution in [3.05, 3.63) is 29.3 Å². The molecule has 0 N–H and O–H groups in total. The van der Waals surface area contributed by atoms with Crippen LogP contribution in [-0.2, 0) is 4.79 Å². The summed E-state index contributed by atoms with van der Waals surface area (Å²) in [5, 5.41) is 0. The molecule has 0 radical (unpaired) electrons. The quantitative estimate of drug-likeness (QED) is 0.408. The Labute approximate surface area is 116 Å². The van der Waals surface area contributed by atoms with Gasteiger partial charge in [-0.05, 0) is 30.4 Å². The average Bonchev–Trinajstić information content (AvgIpc) is 2.15. The standard InChI is InChI=1S/C14H18NO.Li/c1-10-7-6-8-11(2)13(10)15-12(9-16)14(3,4)5;/h6-8H,1-5H3;/q-1;+1. The Morgan fingerprint density at radius 3 is 2.00 bits per heavy atom. The van der Waals surface area contributed by atoms with Crippen molar-refractivity contribution in [3.8, 4) is 0 Å². The van der Waals surface area contributed by atoms with Crippen LogP contribution in [0.5, 0.6) is 0 Å². The minimum Gasteiger partial charge on any atom is -0.536 e. The molecule has 0 atom stereocenters. The first kappa shape index (κ1) is 16.2.